The van der Waals surface area contributed by atoms with Crippen molar-refractivity contribution in [1.29, 1.82) is 0 Å². The van der Waals surface area contributed by atoms with Crippen molar-refractivity contribution >= 4 is 27.6 Å². The van der Waals surface area contributed by atoms with E-state index in [9.17, 15) is 18.0 Å². The van der Waals surface area contributed by atoms with Crippen LogP contribution in [0.15, 0.2) is 47.4 Å². The van der Waals surface area contributed by atoms with Crippen LogP contribution in [-0.4, -0.2) is 51.9 Å². The average molecular weight is 420 g/mol. The predicted molar refractivity (Wildman–Crippen MR) is 108 cm³/mol. The number of benzene rings is 2. The van der Waals surface area contributed by atoms with Gasteiger partial charge in [0.05, 0.1) is 4.90 Å². The number of sulfonamides is 1. The molecule has 1 amide bonds. The third-order valence-corrected chi connectivity index (χ3v) is 5.91. The van der Waals surface area contributed by atoms with Crippen molar-refractivity contribution in [2.75, 3.05) is 32.6 Å². The number of anilines is 1. The Morgan fingerprint density at radius 1 is 1.00 bits per heavy atom. The number of carbonyl (C=O) groups excluding carboxylic acids is 2. The zero-order chi connectivity index (χ0) is 21.6. The van der Waals surface area contributed by atoms with E-state index < -0.39 is 28.5 Å². The van der Waals surface area contributed by atoms with E-state index in [-0.39, 0.29) is 17.2 Å². The van der Waals surface area contributed by atoms with Crippen LogP contribution < -0.4 is 10.1 Å². The zero-order valence-corrected chi connectivity index (χ0v) is 17.6. The minimum atomic E-state index is -3.62. The number of amides is 1. The molecule has 29 heavy (non-hydrogen) atoms. The summed E-state index contributed by atoms with van der Waals surface area (Å²) in [6.45, 7) is 3.06. The maximum Gasteiger partial charge on any atom is 0.344 e. The van der Waals surface area contributed by atoms with Crippen molar-refractivity contribution in [3.63, 3.8) is 0 Å². The summed E-state index contributed by atoms with van der Waals surface area (Å²) >= 11 is 0. The summed E-state index contributed by atoms with van der Waals surface area (Å²) in [5.41, 5.74) is 2.42. The van der Waals surface area contributed by atoms with Crippen LogP contribution in [-0.2, 0) is 24.3 Å². The Bertz CT molecular complexity index is 1000. The van der Waals surface area contributed by atoms with Gasteiger partial charge in [0.25, 0.3) is 5.91 Å². The number of aryl methyl sites for hydroxylation is 2. The fourth-order valence-corrected chi connectivity index (χ4v) is 3.22. The Hall–Kier alpha value is -2.91. The zero-order valence-electron chi connectivity index (χ0n) is 16.8. The molecule has 2 aromatic carbocycles. The number of ether oxygens (including phenoxy) is 2. The van der Waals surface area contributed by atoms with Gasteiger partial charge in [-0.3, -0.25) is 4.79 Å². The third-order valence-electron chi connectivity index (χ3n) is 4.10. The molecule has 0 unspecified atom stereocenters. The molecule has 0 aliphatic carbocycles. The van der Waals surface area contributed by atoms with Crippen LogP contribution in [0.5, 0.6) is 5.75 Å². The largest absolute Gasteiger partial charge is 0.482 e. The molecule has 156 valence electrons. The maximum atomic E-state index is 12.1. The van der Waals surface area contributed by atoms with Crippen LogP contribution in [0.2, 0.25) is 0 Å². The van der Waals surface area contributed by atoms with Gasteiger partial charge in [0, 0.05) is 19.8 Å². The second-order valence-electron chi connectivity index (χ2n) is 6.56. The van der Waals surface area contributed by atoms with Crippen LogP contribution in [0.4, 0.5) is 5.69 Å². The van der Waals surface area contributed by atoms with E-state index >= 15 is 0 Å². The standard InChI is InChI=1S/C20H24N2O6S/c1-14-8-9-17(10-15(14)2)27-13-20(24)28-12-19(23)21-16-6-5-7-18(11-16)29(25,26)22(3)4/h5-11H,12-13H2,1-4H3,(H,21,23). The maximum absolute atomic E-state index is 12.1. The molecule has 9 heteroatoms. The lowest BCUT2D eigenvalue weighted by molar-refractivity contribution is -0.149. The normalized spacial score (nSPS) is 11.2. The lowest BCUT2D eigenvalue weighted by Gasteiger charge is -2.13. The number of hydrogen-bond donors (Lipinski definition) is 1. The molecule has 0 radical (unpaired) electrons. The summed E-state index contributed by atoms with van der Waals surface area (Å²) in [5.74, 6) is -0.750. The molecular formula is C20H24N2O6S. The van der Waals surface area contributed by atoms with Crippen LogP contribution >= 0.6 is 0 Å². The summed E-state index contributed by atoms with van der Waals surface area (Å²) < 4.78 is 35.6. The quantitative estimate of drug-likeness (QED) is 0.657. The molecule has 0 bridgehead atoms. The Morgan fingerprint density at radius 3 is 2.38 bits per heavy atom. The van der Waals surface area contributed by atoms with E-state index in [2.05, 4.69) is 5.32 Å². The van der Waals surface area contributed by atoms with Gasteiger partial charge >= 0.3 is 5.97 Å². The first-order valence-corrected chi connectivity index (χ1v) is 10.2. The first-order valence-electron chi connectivity index (χ1n) is 8.77. The van der Waals surface area contributed by atoms with Gasteiger partial charge in [-0.1, -0.05) is 12.1 Å². The highest BCUT2D eigenvalue weighted by Crippen LogP contribution is 2.18. The van der Waals surface area contributed by atoms with Crippen molar-refractivity contribution in [2.24, 2.45) is 0 Å². The number of nitrogens with one attached hydrogen (secondary N) is 1. The van der Waals surface area contributed by atoms with Crippen LogP contribution in [0.25, 0.3) is 0 Å². The molecule has 0 atom stereocenters. The second kappa shape index (κ2) is 9.53. The first kappa shape index (κ1) is 22.4. The van der Waals surface area contributed by atoms with Crippen molar-refractivity contribution < 1.29 is 27.5 Å². The Kier molecular flexibility index (Phi) is 7.35. The summed E-state index contributed by atoms with van der Waals surface area (Å²) in [6.07, 6.45) is 0. The monoisotopic (exact) mass is 420 g/mol. The van der Waals surface area contributed by atoms with Crippen molar-refractivity contribution in [3.8, 4) is 5.75 Å². The van der Waals surface area contributed by atoms with Crippen LogP contribution in [0.3, 0.4) is 0 Å². The van der Waals surface area contributed by atoms with E-state index in [1.54, 1.807) is 6.07 Å². The minimum absolute atomic E-state index is 0.0408. The second-order valence-corrected chi connectivity index (χ2v) is 8.71. The summed E-state index contributed by atoms with van der Waals surface area (Å²) in [5, 5.41) is 2.50. The van der Waals surface area contributed by atoms with Crippen LogP contribution in [0, 0.1) is 13.8 Å². The Balaban J connectivity index is 1.85. The van der Waals surface area contributed by atoms with Gasteiger partial charge < -0.3 is 14.8 Å². The van der Waals surface area contributed by atoms with Gasteiger partial charge in [-0.15, -0.1) is 0 Å². The lowest BCUT2D eigenvalue weighted by Crippen LogP contribution is -2.24. The van der Waals surface area contributed by atoms with Gasteiger partial charge in [-0.2, -0.15) is 0 Å². The molecule has 8 nitrogen and oxygen atoms in total. The highest BCUT2D eigenvalue weighted by molar-refractivity contribution is 7.89. The summed E-state index contributed by atoms with van der Waals surface area (Å²) in [4.78, 5) is 23.8. The van der Waals surface area contributed by atoms with E-state index in [1.807, 2.05) is 26.0 Å². The van der Waals surface area contributed by atoms with E-state index in [4.69, 9.17) is 9.47 Å². The summed E-state index contributed by atoms with van der Waals surface area (Å²) in [7, 11) is -0.787. The highest BCUT2D eigenvalue weighted by Gasteiger charge is 2.18. The molecule has 1 N–H and O–H groups in total. The third kappa shape index (κ3) is 6.30. The fourth-order valence-electron chi connectivity index (χ4n) is 2.28. The van der Waals surface area contributed by atoms with Gasteiger partial charge in [0.1, 0.15) is 5.75 Å². The molecule has 0 aliphatic rings. The molecule has 0 spiro atoms. The highest BCUT2D eigenvalue weighted by atomic mass is 32.2. The number of carbonyl (C=O) groups is 2. The van der Waals surface area contributed by atoms with Crippen LogP contribution in [0.1, 0.15) is 11.1 Å². The van der Waals surface area contributed by atoms with E-state index in [0.29, 0.717) is 5.75 Å². The van der Waals surface area contributed by atoms with Crippen molar-refractivity contribution in [2.45, 2.75) is 18.7 Å². The Morgan fingerprint density at radius 2 is 1.72 bits per heavy atom. The number of hydrogen-bond acceptors (Lipinski definition) is 6. The predicted octanol–water partition coefficient (Wildman–Crippen LogP) is 2.11. The topological polar surface area (TPSA) is 102 Å². The van der Waals surface area contributed by atoms with Gasteiger partial charge in [-0.05, 0) is 55.3 Å². The number of nitrogens with zero attached hydrogens (tertiary/aromatic N) is 1. The molecule has 2 aromatic rings. The first-order chi connectivity index (χ1) is 13.6. The average Bonchev–Trinajstić information content (AvgIpc) is 2.67. The molecule has 0 aliphatic heterocycles. The molecular weight excluding hydrogens is 396 g/mol. The van der Waals surface area contributed by atoms with Gasteiger partial charge in [-0.25, -0.2) is 17.5 Å². The lowest BCUT2D eigenvalue weighted by atomic mass is 10.1. The van der Waals surface area contributed by atoms with E-state index in [0.717, 1.165) is 15.4 Å². The van der Waals surface area contributed by atoms with Crippen molar-refractivity contribution in [1.82, 2.24) is 4.31 Å². The van der Waals surface area contributed by atoms with Gasteiger partial charge in [0.2, 0.25) is 10.0 Å². The molecule has 0 fully saturated rings. The molecule has 0 saturated heterocycles. The van der Waals surface area contributed by atoms with Gasteiger partial charge in [0.15, 0.2) is 13.2 Å². The molecule has 2 rings (SSSR count). The molecule has 0 saturated carbocycles. The Labute approximate surface area is 170 Å². The van der Waals surface area contributed by atoms with Crippen molar-refractivity contribution in [3.05, 3.63) is 53.6 Å². The number of rotatable bonds is 8. The SMILES string of the molecule is Cc1ccc(OCC(=O)OCC(=O)Nc2cccc(S(=O)(=O)N(C)C)c2)cc1C. The minimum Gasteiger partial charge on any atom is -0.482 e. The number of esters is 1. The fraction of sp³-hybridized carbons (Fsp3) is 0.300. The molecule has 0 heterocycles. The summed E-state index contributed by atoms with van der Waals surface area (Å²) in [6, 6.07) is 11.2. The smallest absolute Gasteiger partial charge is 0.344 e. The molecule has 0 aromatic heterocycles. The van der Waals surface area contributed by atoms with E-state index in [1.165, 1.54) is 38.4 Å².